The zero-order chi connectivity index (χ0) is 17.3. The van der Waals surface area contributed by atoms with Crippen LogP contribution in [-0.2, 0) is 20.7 Å². The number of rotatable bonds is 6. The van der Waals surface area contributed by atoms with Gasteiger partial charge in [0, 0.05) is 0 Å². The van der Waals surface area contributed by atoms with Crippen LogP contribution >= 0.6 is 0 Å². The number of carbonyl (C=O) groups is 2. The second-order valence-corrected chi connectivity index (χ2v) is 18.8. The van der Waals surface area contributed by atoms with Gasteiger partial charge in [0.15, 0.2) is 0 Å². The highest BCUT2D eigenvalue weighted by molar-refractivity contribution is 7.02. The Morgan fingerprint density at radius 2 is 1.50 bits per heavy atom. The lowest BCUT2D eigenvalue weighted by Crippen LogP contribution is -2.68. The Balaban J connectivity index is 3.66. The Labute approximate surface area is 134 Å². The van der Waals surface area contributed by atoms with Crippen molar-refractivity contribution >= 4 is 28.1 Å². The van der Waals surface area contributed by atoms with E-state index < -0.39 is 32.7 Å². The van der Waals surface area contributed by atoms with Gasteiger partial charge in [0.1, 0.15) is 0 Å². The first-order chi connectivity index (χ1) is 9.84. The third kappa shape index (κ3) is 3.17. The maximum absolute atomic E-state index is 12.4. The van der Waals surface area contributed by atoms with E-state index >= 15 is 0 Å². The molecule has 0 bridgehead atoms. The highest BCUT2D eigenvalue weighted by atomic mass is 28.4. The van der Waals surface area contributed by atoms with Gasteiger partial charge in [-0.25, -0.2) is 0 Å². The van der Waals surface area contributed by atoms with E-state index in [2.05, 4.69) is 39.3 Å². The monoisotopic (exact) mass is 338 g/mol. The Hall–Kier alpha value is -1.41. The molecule has 0 amide bonds. The van der Waals surface area contributed by atoms with Gasteiger partial charge in [-0.2, -0.15) is 0 Å². The molecule has 2 N–H and O–H groups in total. The van der Waals surface area contributed by atoms with E-state index in [1.165, 1.54) is 0 Å². The van der Waals surface area contributed by atoms with Gasteiger partial charge in [0.05, 0.1) is 27.2 Å². The molecule has 0 aliphatic rings. The van der Waals surface area contributed by atoms with Crippen LogP contribution in [0.3, 0.4) is 0 Å². The number of carboxylic acid groups (broad SMARTS) is 2. The van der Waals surface area contributed by atoms with Gasteiger partial charge in [-0.3, -0.25) is 9.59 Å². The van der Waals surface area contributed by atoms with Gasteiger partial charge in [-0.05, 0) is 11.1 Å². The lowest BCUT2D eigenvalue weighted by atomic mass is 10.1. The van der Waals surface area contributed by atoms with Crippen LogP contribution in [0.2, 0.25) is 39.3 Å². The molecule has 0 aliphatic heterocycles. The molecule has 0 saturated carbocycles. The summed E-state index contributed by atoms with van der Waals surface area (Å²) in [6.07, 6.45) is -0.0824. The van der Waals surface area contributed by atoms with E-state index in [0.717, 1.165) is 5.56 Å². The van der Waals surface area contributed by atoms with Crippen LogP contribution in [0.1, 0.15) is 11.1 Å². The summed E-state index contributed by atoms with van der Waals surface area (Å²) < 4.78 is -0.853. The predicted octanol–water partition coefficient (Wildman–Crippen LogP) is 3.39. The van der Waals surface area contributed by atoms with Crippen molar-refractivity contribution in [3.63, 3.8) is 0 Å². The van der Waals surface area contributed by atoms with Crippen LogP contribution in [0.4, 0.5) is 0 Å². The lowest BCUT2D eigenvalue weighted by Gasteiger charge is -2.48. The summed E-state index contributed by atoms with van der Waals surface area (Å²) in [4.78, 5) is 23.4. The van der Waals surface area contributed by atoms with Crippen LogP contribution < -0.4 is 0 Å². The fourth-order valence-corrected chi connectivity index (χ4v) is 16.2. The van der Waals surface area contributed by atoms with Crippen molar-refractivity contribution in [2.24, 2.45) is 0 Å². The molecule has 0 aliphatic carbocycles. The summed E-state index contributed by atoms with van der Waals surface area (Å²) in [5.74, 6) is -1.67. The molecular weight excluding hydrogens is 312 g/mol. The molecule has 6 heteroatoms. The molecule has 0 radical (unpaired) electrons. The van der Waals surface area contributed by atoms with Crippen molar-refractivity contribution in [2.45, 2.75) is 50.4 Å². The fourth-order valence-electron chi connectivity index (χ4n) is 3.85. The Morgan fingerprint density at radius 1 is 1.00 bits per heavy atom. The molecule has 0 heterocycles. The summed E-state index contributed by atoms with van der Waals surface area (Å²) in [6, 6.07) is 7.18. The Kier molecular flexibility index (Phi) is 5.09. The van der Waals surface area contributed by atoms with Gasteiger partial charge in [0.25, 0.3) is 0 Å². The quantitative estimate of drug-likeness (QED) is 0.780. The average molecular weight is 339 g/mol. The largest absolute Gasteiger partial charge is 0.481 e. The maximum Gasteiger partial charge on any atom is 0.308 e. The van der Waals surface area contributed by atoms with Crippen molar-refractivity contribution < 1.29 is 19.8 Å². The van der Waals surface area contributed by atoms with E-state index in [9.17, 15) is 14.7 Å². The van der Waals surface area contributed by atoms with E-state index in [-0.39, 0.29) is 6.42 Å². The van der Waals surface area contributed by atoms with E-state index in [0.29, 0.717) is 5.56 Å². The molecule has 0 aromatic heterocycles. The molecule has 0 atom stereocenters. The Morgan fingerprint density at radius 3 is 1.86 bits per heavy atom. The topological polar surface area (TPSA) is 74.6 Å². The summed E-state index contributed by atoms with van der Waals surface area (Å²) in [7, 11) is -4.25. The van der Waals surface area contributed by atoms with Crippen LogP contribution in [-0.4, -0.2) is 38.3 Å². The summed E-state index contributed by atoms with van der Waals surface area (Å²) >= 11 is 0. The third-order valence-corrected chi connectivity index (χ3v) is 14.3. The lowest BCUT2D eigenvalue weighted by molar-refractivity contribution is -0.138. The van der Waals surface area contributed by atoms with Gasteiger partial charge >= 0.3 is 11.9 Å². The first-order valence-corrected chi connectivity index (χ1v) is 14.4. The minimum absolute atomic E-state index is 0.0824. The maximum atomic E-state index is 12.4. The second-order valence-electron chi connectivity index (χ2n) is 7.83. The van der Waals surface area contributed by atoms with Crippen LogP contribution in [0.25, 0.3) is 0 Å². The first-order valence-electron chi connectivity index (χ1n) is 7.38. The molecular formula is C16H26O4Si2. The summed E-state index contributed by atoms with van der Waals surface area (Å²) in [5.41, 5.74) is 1.43. The summed E-state index contributed by atoms with van der Waals surface area (Å²) in [5, 5.41) is 19.2. The standard InChI is InChI=1S/C16H26O4Si2/c1-21(2,3)16(15(19)20,22(4,5)6)13-9-7-8-12(10-13)11-14(17)18/h7-10H,11H2,1-6H3,(H,17,18)(H,19,20). The van der Waals surface area contributed by atoms with Crippen LogP contribution in [0.15, 0.2) is 24.3 Å². The van der Waals surface area contributed by atoms with Crippen molar-refractivity contribution in [2.75, 3.05) is 0 Å². The second kappa shape index (κ2) is 6.00. The number of benzene rings is 1. The number of hydrogen-bond donors (Lipinski definition) is 2. The first kappa shape index (κ1) is 18.6. The number of hydrogen-bond acceptors (Lipinski definition) is 2. The van der Waals surface area contributed by atoms with E-state index in [1.807, 2.05) is 6.07 Å². The van der Waals surface area contributed by atoms with Gasteiger partial charge in [-0.1, -0.05) is 63.5 Å². The predicted molar refractivity (Wildman–Crippen MR) is 93.8 cm³/mol. The van der Waals surface area contributed by atoms with Crippen LogP contribution in [0.5, 0.6) is 0 Å². The molecule has 0 spiro atoms. The molecule has 0 saturated heterocycles. The molecule has 0 unspecified atom stereocenters. The van der Waals surface area contributed by atoms with Gasteiger partial charge in [-0.15, -0.1) is 0 Å². The zero-order valence-electron chi connectivity index (χ0n) is 14.2. The smallest absolute Gasteiger partial charge is 0.308 e. The summed E-state index contributed by atoms with van der Waals surface area (Å²) in [6.45, 7) is 12.5. The van der Waals surface area contributed by atoms with E-state index in [1.54, 1.807) is 18.2 Å². The molecule has 22 heavy (non-hydrogen) atoms. The highest BCUT2D eigenvalue weighted by Gasteiger charge is 2.59. The Bertz CT molecular complexity index is 569. The minimum atomic E-state index is -2.12. The van der Waals surface area contributed by atoms with Crippen molar-refractivity contribution in [1.82, 2.24) is 0 Å². The number of carboxylic acids is 2. The fraction of sp³-hybridized carbons (Fsp3) is 0.500. The zero-order valence-corrected chi connectivity index (χ0v) is 16.2. The van der Waals surface area contributed by atoms with Crippen LogP contribution in [0, 0.1) is 0 Å². The van der Waals surface area contributed by atoms with Gasteiger partial charge < -0.3 is 10.2 Å². The molecule has 4 nitrogen and oxygen atoms in total. The molecule has 1 aromatic rings. The van der Waals surface area contributed by atoms with Crippen molar-refractivity contribution in [1.29, 1.82) is 0 Å². The minimum Gasteiger partial charge on any atom is -0.481 e. The van der Waals surface area contributed by atoms with E-state index in [4.69, 9.17) is 5.11 Å². The third-order valence-electron chi connectivity index (χ3n) is 4.29. The molecule has 122 valence electrons. The number of aliphatic carboxylic acids is 2. The average Bonchev–Trinajstić information content (AvgIpc) is 2.23. The van der Waals surface area contributed by atoms with Gasteiger partial charge in [0.2, 0.25) is 0 Å². The SMILES string of the molecule is C[Si](C)(C)C(C(=O)O)(c1cccc(CC(=O)O)c1)[Si](C)(C)C. The highest BCUT2D eigenvalue weighted by Crippen LogP contribution is 2.43. The van der Waals surface area contributed by atoms with Crippen molar-refractivity contribution in [3.8, 4) is 0 Å². The molecule has 1 rings (SSSR count). The van der Waals surface area contributed by atoms with Crippen molar-refractivity contribution in [3.05, 3.63) is 35.4 Å². The normalized spacial score (nSPS) is 13.0. The molecule has 0 fully saturated rings. The molecule has 1 aromatic carbocycles.